The maximum atomic E-state index is 11.9. The maximum Gasteiger partial charge on any atom is 0.573 e. The van der Waals surface area contributed by atoms with Gasteiger partial charge in [-0.1, -0.05) is 0 Å². The van der Waals surface area contributed by atoms with E-state index in [-0.39, 0.29) is 5.69 Å². The summed E-state index contributed by atoms with van der Waals surface area (Å²) in [6.45, 7) is 1.33. The molecule has 0 aliphatic rings. The van der Waals surface area contributed by atoms with Crippen molar-refractivity contribution >= 4 is 16.8 Å². The van der Waals surface area contributed by atoms with E-state index in [1.807, 2.05) is 0 Å². The van der Waals surface area contributed by atoms with Gasteiger partial charge in [0.25, 0.3) is 5.24 Å². The van der Waals surface area contributed by atoms with Gasteiger partial charge in [-0.15, -0.1) is 13.2 Å². The molecule has 0 fully saturated rings. The molecule has 1 aromatic rings. The van der Waals surface area contributed by atoms with Crippen molar-refractivity contribution in [2.24, 2.45) is 0 Å². The Morgan fingerprint density at radius 2 is 2.06 bits per heavy atom. The Labute approximate surface area is 92.0 Å². The van der Waals surface area contributed by atoms with Gasteiger partial charge in [0.05, 0.1) is 0 Å². The van der Waals surface area contributed by atoms with Crippen LogP contribution in [-0.4, -0.2) is 16.6 Å². The molecular formula is C8H5ClF3NO3. The van der Waals surface area contributed by atoms with E-state index in [0.29, 0.717) is 6.20 Å². The number of carbonyl (C=O) groups is 1. The first-order chi connectivity index (χ1) is 7.22. The summed E-state index contributed by atoms with van der Waals surface area (Å²) in [4.78, 5) is 24.5. The van der Waals surface area contributed by atoms with E-state index < -0.39 is 28.3 Å². The van der Waals surface area contributed by atoms with Crippen LogP contribution in [0.15, 0.2) is 11.0 Å². The van der Waals surface area contributed by atoms with Crippen LogP contribution in [0.25, 0.3) is 0 Å². The van der Waals surface area contributed by atoms with Crippen LogP contribution in [0.3, 0.4) is 0 Å². The number of aromatic nitrogens is 1. The molecule has 0 aliphatic heterocycles. The lowest BCUT2D eigenvalue weighted by Gasteiger charge is -2.09. The summed E-state index contributed by atoms with van der Waals surface area (Å²) < 4.78 is 39.0. The number of aromatic amines is 1. The maximum absolute atomic E-state index is 11.9. The molecule has 8 heteroatoms. The van der Waals surface area contributed by atoms with E-state index in [1.54, 1.807) is 0 Å². The number of pyridine rings is 1. The van der Waals surface area contributed by atoms with Crippen LogP contribution in [-0.2, 0) is 0 Å². The van der Waals surface area contributed by atoms with Crippen LogP contribution < -0.4 is 10.2 Å². The molecule has 0 saturated carbocycles. The summed E-state index contributed by atoms with van der Waals surface area (Å²) in [7, 11) is 0. The highest BCUT2D eigenvalue weighted by Crippen LogP contribution is 2.20. The number of nitrogens with one attached hydrogen (secondary N) is 1. The normalized spacial score (nSPS) is 11.3. The molecule has 0 atom stereocenters. The number of hydrogen-bond acceptors (Lipinski definition) is 3. The fraction of sp³-hybridized carbons (Fsp3) is 0.250. The van der Waals surface area contributed by atoms with Crippen LogP contribution in [0.2, 0.25) is 0 Å². The number of hydrogen-bond donors (Lipinski definition) is 1. The average molecular weight is 256 g/mol. The zero-order chi connectivity index (χ0) is 12.5. The van der Waals surface area contributed by atoms with E-state index in [0.717, 1.165) is 0 Å². The fourth-order valence-corrected chi connectivity index (χ4v) is 1.27. The molecule has 88 valence electrons. The van der Waals surface area contributed by atoms with Gasteiger partial charge in [0, 0.05) is 11.9 Å². The summed E-state index contributed by atoms with van der Waals surface area (Å²) in [5, 5.41) is -1.15. The predicted molar refractivity (Wildman–Crippen MR) is 48.7 cm³/mol. The summed E-state index contributed by atoms with van der Waals surface area (Å²) >= 11 is 5.06. The zero-order valence-corrected chi connectivity index (χ0v) is 8.57. The van der Waals surface area contributed by atoms with E-state index in [1.165, 1.54) is 6.92 Å². The second-order valence-electron chi connectivity index (χ2n) is 2.80. The van der Waals surface area contributed by atoms with Crippen LogP contribution in [0.1, 0.15) is 16.1 Å². The number of carbonyl (C=O) groups excluding carboxylic acids is 1. The van der Waals surface area contributed by atoms with Crippen molar-refractivity contribution in [2.45, 2.75) is 13.3 Å². The quantitative estimate of drug-likeness (QED) is 0.822. The van der Waals surface area contributed by atoms with E-state index in [2.05, 4.69) is 9.72 Å². The molecule has 0 spiro atoms. The highest BCUT2D eigenvalue weighted by atomic mass is 35.5. The molecule has 0 bridgehead atoms. The Bertz CT molecular complexity index is 480. The van der Waals surface area contributed by atoms with Crippen molar-refractivity contribution in [3.8, 4) is 5.75 Å². The largest absolute Gasteiger partial charge is 0.573 e. The zero-order valence-electron chi connectivity index (χ0n) is 7.81. The molecule has 0 unspecified atom stereocenters. The van der Waals surface area contributed by atoms with Crippen LogP contribution in [0, 0.1) is 6.92 Å². The summed E-state index contributed by atoms with van der Waals surface area (Å²) in [6.07, 6.45) is -4.29. The molecule has 0 amide bonds. The molecule has 1 aromatic heterocycles. The number of alkyl halides is 3. The summed E-state index contributed by atoms with van der Waals surface area (Å²) in [6, 6.07) is 0. The molecule has 0 aliphatic carbocycles. The van der Waals surface area contributed by atoms with Gasteiger partial charge in [0.1, 0.15) is 5.56 Å². The lowest BCUT2D eigenvalue weighted by molar-refractivity contribution is -0.275. The smallest absolute Gasteiger partial charge is 0.400 e. The first kappa shape index (κ1) is 12.6. The molecule has 0 radical (unpaired) electrons. The Morgan fingerprint density at radius 1 is 1.50 bits per heavy atom. The lowest BCUT2D eigenvalue weighted by Crippen LogP contribution is -2.24. The van der Waals surface area contributed by atoms with Gasteiger partial charge in [0.2, 0.25) is 5.43 Å². The number of rotatable bonds is 2. The molecule has 1 heterocycles. The van der Waals surface area contributed by atoms with E-state index in [9.17, 15) is 22.8 Å². The van der Waals surface area contributed by atoms with Gasteiger partial charge in [-0.25, -0.2) is 0 Å². The third-order valence-electron chi connectivity index (χ3n) is 1.67. The molecular weight excluding hydrogens is 251 g/mol. The van der Waals surface area contributed by atoms with Crippen molar-refractivity contribution in [1.82, 2.24) is 4.98 Å². The lowest BCUT2D eigenvalue weighted by atomic mass is 10.2. The summed E-state index contributed by atoms with van der Waals surface area (Å²) in [5.41, 5.74) is -1.70. The van der Waals surface area contributed by atoms with Crippen LogP contribution >= 0.6 is 11.6 Å². The van der Waals surface area contributed by atoms with Crippen molar-refractivity contribution in [2.75, 3.05) is 0 Å². The second kappa shape index (κ2) is 4.17. The minimum atomic E-state index is -5.01. The first-order valence-electron chi connectivity index (χ1n) is 3.90. The minimum Gasteiger partial charge on any atom is -0.400 e. The molecule has 1 N–H and O–H groups in total. The fourth-order valence-electron chi connectivity index (χ4n) is 1.04. The van der Waals surface area contributed by atoms with Crippen molar-refractivity contribution in [3.05, 3.63) is 27.7 Å². The van der Waals surface area contributed by atoms with Gasteiger partial charge < -0.3 is 9.72 Å². The van der Waals surface area contributed by atoms with Gasteiger partial charge in [-0.3, -0.25) is 9.59 Å². The Morgan fingerprint density at radius 3 is 2.50 bits per heavy atom. The van der Waals surface area contributed by atoms with Crippen molar-refractivity contribution in [1.29, 1.82) is 0 Å². The third-order valence-corrected chi connectivity index (χ3v) is 1.86. The van der Waals surface area contributed by atoms with Gasteiger partial charge in [-0.05, 0) is 18.5 Å². The minimum absolute atomic E-state index is 0.0690. The molecule has 16 heavy (non-hydrogen) atoms. The first-order valence-corrected chi connectivity index (χ1v) is 4.28. The highest BCUT2D eigenvalue weighted by molar-refractivity contribution is 6.67. The Kier molecular flexibility index (Phi) is 3.27. The topological polar surface area (TPSA) is 59.2 Å². The highest BCUT2D eigenvalue weighted by Gasteiger charge is 2.33. The number of aryl methyl sites for hydroxylation is 1. The summed E-state index contributed by atoms with van der Waals surface area (Å²) in [5.74, 6) is -1.03. The second-order valence-corrected chi connectivity index (χ2v) is 3.15. The van der Waals surface area contributed by atoms with Gasteiger partial charge in [-0.2, -0.15) is 0 Å². The van der Waals surface area contributed by atoms with Gasteiger partial charge in [0.15, 0.2) is 5.75 Å². The molecule has 0 saturated heterocycles. The monoisotopic (exact) mass is 255 g/mol. The van der Waals surface area contributed by atoms with Crippen LogP contribution in [0.4, 0.5) is 13.2 Å². The molecule has 0 aromatic carbocycles. The average Bonchev–Trinajstić information content (AvgIpc) is 2.07. The molecule has 4 nitrogen and oxygen atoms in total. The number of halogens is 4. The Balaban J connectivity index is 3.30. The van der Waals surface area contributed by atoms with E-state index >= 15 is 0 Å². The molecule has 1 rings (SSSR count). The predicted octanol–water partition coefficient (Wildman–Crippen LogP) is 1.96. The van der Waals surface area contributed by atoms with Crippen LogP contribution in [0.5, 0.6) is 5.75 Å². The Hall–Kier alpha value is -1.50. The van der Waals surface area contributed by atoms with Crippen molar-refractivity contribution in [3.63, 3.8) is 0 Å². The van der Waals surface area contributed by atoms with Crippen molar-refractivity contribution < 1.29 is 22.7 Å². The number of H-pyrrole nitrogens is 1. The number of ether oxygens (including phenoxy) is 1. The van der Waals surface area contributed by atoms with Gasteiger partial charge >= 0.3 is 6.36 Å². The van der Waals surface area contributed by atoms with E-state index in [4.69, 9.17) is 11.6 Å². The SMILES string of the molecule is Cc1[nH]cc(OC(F)(F)F)c(=O)c1C(=O)Cl. The third kappa shape index (κ3) is 2.75. The standard InChI is InChI=1S/C8H5ClF3NO3/c1-3-5(7(9)15)6(14)4(2-13-3)16-8(10,11)12/h2H,1H3,(H,13,14).